The third kappa shape index (κ3) is 3.98. The molecule has 110 valence electrons. The third-order valence-corrected chi connectivity index (χ3v) is 3.55. The standard InChI is InChI=1S/C16H15BrO4/c1-20-14-10-12(16(18)19)9-13(17)15(14)21-8-7-11-5-3-2-4-6-11/h2-6,9-10H,7-8H2,1H3,(H,18,19). The van der Waals surface area contributed by atoms with Crippen LogP contribution >= 0.6 is 15.9 Å². The molecule has 0 fully saturated rings. The summed E-state index contributed by atoms with van der Waals surface area (Å²) in [7, 11) is 1.48. The van der Waals surface area contributed by atoms with Crippen LogP contribution in [0, 0.1) is 0 Å². The quantitative estimate of drug-likeness (QED) is 0.861. The van der Waals surface area contributed by atoms with E-state index in [0.717, 1.165) is 6.42 Å². The van der Waals surface area contributed by atoms with Gasteiger partial charge in [-0.25, -0.2) is 4.79 Å². The molecule has 0 aliphatic carbocycles. The Hall–Kier alpha value is -2.01. The Bertz CT molecular complexity index is 626. The van der Waals surface area contributed by atoms with Gasteiger partial charge >= 0.3 is 5.97 Å². The molecule has 0 radical (unpaired) electrons. The summed E-state index contributed by atoms with van der Waals surface area (Å²) in [5.41, 5.74) is 1.32. The molecule has 4 nitrogen and oxygen atoms in total. The van der Waals surface area contributed by atoms with Gasteiger partial charge in [0.1, 0.15) is 0 Å². The number of methoxy groups -OCH3 is 1. The minimum absolute atomic E-state index is 0.147. The Kier molecular flexibility index (Phi) is 5.22. The third-order valence-electron chi connectivity index (χ3n) is 2.96. The Morgan fingerprint density at radius 2 is 1.95 bits per heavy atom. The number of aromatic carboxylic acids is 1. The average molecular weight is 351 g/mol. The van der Waals surface area contributed by atoms with Crippen LogP contribution in [0.4, 0.5) is 0 Å². The number of hydrogen-bond acceptors (Lipinski definition) is 3. The lowest BCUT2D eigenvalue weighted by Crippen LogP contribution is -2.05. The fraction of sp³-hybridized carbons (Fsp3) is 0.188. The first-order chi connectivity index (χ1) is 10.1. The molecule has 2 rings (SSSR count). The molecule has 0 saturated heterocycles. The van der Waals surface area contributed by atoms with Crippen LogP contribution < -0.4 is 9.47 Å². The van der Waals surface area contributed by atoms with Crippen molar-refractivity contribution in [2.24, 2.45) is 0 Å². The molecule has 0 bridgehead atoms. The molecular weight excluding hydrogens is 336 g/mol. The number of ether oxygens (including phenoxy) is 2. The highest BCUT2D eigenvalue weighted by molar-refractivity contribution is 9.10. The Morgan fingerprint density at radius 1 is 1.24 bits per heavy atom. The lowest BCUT2D eigenvalue weighted by Gasteiger charge is -2.13. The summed E-state index contributed by atoms with van der Waals surface area (Å²) >= 11 is 3.33. The van der Waals surface area contributed by atoms with E-state index in [9.17, 15) is 4.79 Å². The molecule has 0 saturated carbocycles. The van der Waals surface area contributed by atoms with Gasteiger partial charge in [0.15, 0.2) is 11.5 Å². The summed E-state index contributed by atoms with van der Waals surface area (Å²) in [5.74, 6) is -0.0990. The van der Waals surface area contributed by atoms with Crippen LogP contribution in [0.15, 0.2) is 46.9 Å². The molecule has 0 spiro atoms. The summed E-state index contributed by atoms with van der Waals surface area (Å²) in [5, 5.41) is 9.03. The highest BCUT2D eigenvalue weighted by Crippen LogP contribution is 2.36. The summed E-state index contributed by atoms with van der Waals surface area (Å²) < 4.78 is 11.5. The Morgan fingerprint density at radius 3 is 2.57 bits per heavy atom. The average Bonchev–Trinajstić information content (AvgIpc) is 2.49. The van der Waals surface area contributed by atoms with Gasteiger partial charge < -0.3 is 14.6 Å². The second-order valence-electron chi connectivity index (χ2n) is 4.38. The van der Waals surface area contributed by atoms with E-state index in [0.29, 0.717) is 22.6 Å². The number of rotatable bonds is 6. The smallest absolute Gasteiger partial charge is 0.335 e. The van der Waals surface area contributed by atoms with Crippen LogP contribution in [-0.2, 0) is 6.42 Å². The summed E-state index contributed by atoms with van der Waals surface area (Å²) in [4.78, 5) is 11.0. The number of halogens is 1. The van der Waals surface area contributed by atoms with Crippen LogP contribution in [0.25, 0.3) is 0 Å². The number of carbonyl (C=O) groups is 1. The second-order valence-corrected chi connectivity index (χ2v) is 5.23. The molecule has 0 amide bonds. The fourth-order valence-corrected chi connectivity index (χ4v) is 2.46. The van der Waals surface area contributed by atoms with Crippen LogP contribution in [0.3, 0.4) is 0 Å². The molecule has 0 aromatic heterocycles. The van der Waals surface area contributed by atoms with E-state index in [1.807, 2.05) is 30.3 Å². The first-order valence-electron chi connectivity index (χ1n) is 6.39. The maximum Gasteiger partial charge on any atom is 0.335 e. The van der Waals surface area contributed by atoms with Crippen molar-refractivity contribution in [3.05, 3.63) is 58.1 Å². The van der Waals surface area contributed by atoms with Crippen LogP contribution in [0.5, 0.6) is 11.5 Å². The summed E-state index contributed by atoms with van der Waals surface area (Å²) in [6.45, 7) is 0.478. The molecule has 5 heteroatoms. The molecule has 0 aliphatic rings. The molecule has 2 aromatic rings. The number of carboxylic acid groups (broad SMARTS) is 1. The van der Waals surface area contributed by atoms with E-state index in [1.165, 1.54) is 24.8 Å². The molecule has 1 N–H and O–H groups in total. The fourth-order valence-electron chi connectivity index (χ4n) is 1.90. The zero-order valence-electron chi connectivity index (χ0n) is 11.5. The summed E-state index contributed by atoms with van der Waals surface area (Å²) in [6, 6.07) is 12.9. The lowest BCUT2D eigenvalue weighted by atomic mass is 10.2. The second kappa shape index (κ2) is 7.13. The molecule has 0 aliphatic heterocycles. The topological polar surface area (TPSA) is 55.8 Å². The zero-order valence-corrected chi connectivity index (χ0v) is 13.1. The van der Waals surface area contributed by atoms with Crippen LogP contribution in [-0.4, -0.2) is 24.8 Å². The highest BCUT2D eigenvalue weighted by atomic mass is 79.9. The first kappa shape index (κ1) is 15.4. The lowest BCUT2D eigenvalue weighted by molar-refractivity contribution is 0.0696. The van der Waals surface area contributed by atoms with E-state index in [-0.39, 0.29) is 5.56 Å². The van der Waals surface area contributed by atoms with Gasteiger partial charge in [0.05, 0.1) is 23.8 Å². The van der Waals surface area contributed by atoms with Crippen molar-refractivity contribution < 1.29 is 19.4 Å². The van der Waals surface area contributed by atoms with Gasteiger partial charge in [-0.2, -0.15) is 0 Å². The van der Waals surface area contributed by atoms with Crippen molar-refractivity contribution >= 4 is 21.9 Å². The molecular formula is C16H15BrO4. The minimum atomic E-state index is -1.01. The predicted molar refractivity (Wildman–Crippen MR) is 83.3 cm³/mol. The first-order valence-corrected chi connectivity index (χ1v) is 7.18. The van der Waals surface area contributed by atoms with Gasteiger partial charge in [-0.05, 0) is 33.6 Å². The number of hydrogen-bond donors (Lipinski definition) is 1. The van der Waals surface area contributed by atoms with Gasteiger partial charge in [-0.3, -0.25) is 0 Å². The summed E-state index contributed by atoms with van der Waals surface area (Å²) in [6.07, 6.45) is 0.761. The Balaban J connectivity index is 2.10. The maximum atomic E-state index is 11.0. The van der Waals surface area contributed by atoms with Gasteiger partial charge in [-0.1, -0.05) is 30.3 Å². The van der Waals surface area contributed by atoms with E-state index in [1.54, 1.807) is 0 Å². The van der Waals surface area contributed by atoms with Gasteiger partial charge in [0.25, 0.3) is 0 Å². The van der Waals surface area contributed by atoms with E-state index < -0.39 is 5.97 Å². The van der Waals surface area contributed by atoms with Crippen LogP contribution in [0.2, 0.25) is 0 Å². The van der Waals surface area contributed by atoms with Crippen molar-refractivity contribution in [1.82, 2.24) is 0 Å². The maximum absolute atomic E-state index is 11.0. The minimum Gasteiger partial charge on any atom is -0.493 e. The van der Waals surface area contributed by atoms with E-state index >= 15 is 0 Å². The van der Waals surface area contributed by atoms with Gasteiger partial charge in [0.2, 0.25) is 0 Å². The van der Waals surface area contributed by atoms with Gasteiger partial charge in [-0.15, -0.1) is 0 Å². The van der Waals surface area contributed by atoms with Crippen molar-refractivity contribution in [2.75, 3.05) is 13.7 Å². The van der Waals surface area contributed by atoms with E-state index in [4.69, 9.17) is 14.6 Å². The molecule has 0 atom stereocenters. The Labute approximate surface area is 131 Å². The van der Waals surface area contributed by atoms with Crippen LogP contribution in [0.1, 0.15) is 15.9 Å². The van der Waals surface area contributed by atoms with Gasteiger partial charge in [0, 0.05) is 6.42 Å². The van der Waals surface area contributed by atoms with Crippen molar-refractivity contribution in [3.8, 4) is 11.5 Å². The normalized spacial score (nSPS) is 10.2. The number of benzene rings is 2. The van der Waals surface area contributed by atoms with E-state index in [2.05, 4.69) is 15.9 Å². The molecule has 0 unspecified atom stereocenters. The van der Waals surface area contributed by atoms with Crippen molar-refractivity contribution in [3.63, 3.8) is 0 Å². The predicted octanol–water partition coefficient (Wildman–Crippen LogP) is 3.78. The zero-order chi connectivity index (χ0) is 15.2. The number of carboxylic acids is 1. The van der Waals surface area contributed by atoms with Crippen molar-refractivity contribution in [2.45, 2.75) is 6.42 Å². The molecule has 2 aromatic carbocycles. The SMILES string of the molecule is COc1cc(C(=O)O)cc(Br)c1OCCc1ccccc1. The molecule has 21 heavy (non-hydrogen) atoms. The monoisotopic (exact) mass is 350 g/mol. The molecule has 0 heterocycles. The largest absolute Gasteiger partial charge is 0.493 e. The highest BCUT2D eigenvalue weighted by Gasteiger charge is 2.14. The van der Waals surface area contributed by atoms with Crippen molar-refractivity contribution in [1.29, 1.82) is 0 Å².